The van der Waals surface area contributed by atoms with Gasteiger partial charge >= 0.3 is 0 Å². The Balaban J connectivity index is 1.64. The summed E-state index contributed by atoms with van der Waals surface area (Å²) in [6, 6.07) is 1.65. The highest BCUT2D eigenvalue weighted by atomic mass is 32.2. The van der Waals surface area contributed by atoms with Crippen molar-refractivity contribution in [1.82, 2.24) is 10.3 Å². The van der Waals surface area contributed by atoms with E-state index in [9.17, 15) is 18.3 Å². The number of hydrogen-bond acceptors (Lipinski definition) is 5. The Hall–Kier alpha value is -1.47. The first kappa shape index (κ1) is 18.9. The number of sulfone groups is 1. The first-order chi connectivity index (χ1) is 12.5. The number of hydrogen-bond donors (Lipinski definition) is 2. The quantitative estimate of drug-likeness (QED) is 0.813. The number of nitrogens with one attached hydrogen (secondary N) is 1. The molecule has 0 saturated heterocycles. The van der Waals surface area contributed by atoms with Crippen LogP contribution in [0.5, 0.6) is 0 Å². The molecule has 1 aromatic rings. The molecule has 4 saturated carbocycles. The number of aromatic nitrogens is 1. The summed E-state index contributed by atoms with van der Waals surface area (Å²) in [5, 5.41) is 13.8. The molecule has 4 aliphatic rings. The zero-order valence-corrected chi connectivity index (χ0v) is 16.9. The predicted octanol–water partition coefficient (Wildman–Crippen LogP) is 1.71. The van der Waals surface area contributed by atoms with Crippen LogP contribution in [0.3, 0.4) is 0 Å². The largest absolute Gasteiger partial charge is 0.390 e. The lowest BCUT2D eigenvalue weighted by atomic mass is 9.52. The number of aliphatic hydroxyl groups is 1. The van der Waals surface area contributed by atoms with Crippen LogP contribution in [0.1, 0.15) is 50.2 Å². The SMILES string of the molecule is Cc1cncc(C(C)(C(=O)NC2C3CC4CC2CC(O)(C4)C3)S(C)(=O)=O)c1. The second-order valence-corrected chi connectivity index (χ2v) is 11.6. The second-order valence-electron chi connectivity index (χ2n) is 9.25. The first-order valence-electron chi connectivity index (χ1n) is 9.67. The van der Waals surface area contributed by atoms with Gasteiger partial charge in [0, 0.05) is 30.3 Å². The van der Waals surface area contributed by atoms with E-state index in [0.717, 1.165) is 31.1 Å². The van der Waals surface area contributed by atoms with Crippen LogP contribution in [0.4, 0.5) is 0 Å². The van der Waals surface area contributed by atoms with Gasteiger partial charge in [-0.25, -0.2) is 8.42 Å². The average Bonchev–Trinajstić information content (AvgIpc) is 2.54. The molecule has 0 aromatic carbocycles. The van der Waals surface area contributed by atoms with Crippen LogP contribution in [-0.4, -0.2) is 42.3 Å². The lowest BCUT2D eigenvalue weighted by Crippen LogP contribution is -2.63. The van der Waals surface area contributed by atoms with Crippen molar-refractivity contribution in [1.29, 1.82) is 0 Å². The monoisotopic (exact) mass is 392 g/mol. The van der Waals surface area contributed by atoms with Crippen LogP contribution >= 0.6 is 0 Å². The lowest BCUT2D eigenvalue weighted by molar-refractivity contribution is -0.147. The van der Waals surface area contributed by atoms with Gasteiger partial charge in [0.25, 0.3) is 0 Å². The average molecular weight is 393 g/mol. The zero-order valence-electron chi connectivity index (χ0n) is 16.1. The van der Waals surface area contributed by atoms with Gasteiger partial charge in [-0.2, -0.15) is 0 Å². The van der Waals surface area contributed by atoms with Gasteiger partial charge in [-0.05, 0) is 69.3 Å². The summed E-state index contributed by atoms with van der Waals surface area (Å²) in [5.74, 6) is 0.499. The molecule has 2 N–H and O–H groups in total. The van der Waals surface area contributed by atoms with Crippen molar-refractivity contribution in [2.24, 2.45) is 17.8 Å². The van der Waals surface area contributed by atoms with E-state index < -0.39 is 26.1 Å². The van der Waals surface area contributed by atoms with Crippen LogP contribution in [0.15, 0.2) is 18.5 Å². The van der Waals surface area contributed by atoms with E-state index in [1.807, 2.05) is 6.92 Å². The maximum atomic E-state index is 13.3. The second kappa shape index (κ2) is 6.01. The third-order valence-corrected chi connectivity index (χ3v) is 9.04. The molecule has 5 rings (SSSR count). The van der Waals surface area contributed by atoms with Gasteiger partial charge in [-0.15, -0.1) is 0 Å². The number of aryl methyl sites for hydroxylation is 1. The minimum atomic E-state index is -3.72. The molecule has 1 amide bonds. The highest BCUT2D eigenvalue weighted by Crippen LogP contribution is 2.55. The zero-order chi connectivity index (χ0) is 19.6. The number of pyridine rings is 1. The minimum Gasteiger partial charge on any atom is -0.390 e. The number of carbonyl (C=O) groups excluding carboxylic acids is 1. The highest BCUT2D eigenvalue weighted by molar-refractivity contribution is 7.92. The van der Waals surface area contributed by atoms with Gasteiger partial charge in [0.2, 0.25) is 5.91 Å². The summed E-state index contributed by atoms with van der Waals surface area (Å²) in [4.78, 5) is 17.4. The van der Waals surface area contributed by atoms with Gasteiger partial charge in [-0.3, -0.25) is 9.78 Å². The van der Waals surface area contributed by atoms with Gasteiger partial charge in [0.05, 0.1) is 5.60 Å². The molecule has 7 heteroatoms. The van der Waals surface area contributed by atoms with Gasteiger partial charge < -0.3 is 10.4 Å². The van der Waals surface area contributed by atoms with Crippen LogP contribution in [0.2, 0.25) is 0 Å². The van der Waals surface area contributed by atoms with Crippen molar-refractivity contribution in [3.05, 3.63) is 29.6 Å². The summed E-state index contributed by atoms with van der Waals surface area (Å²) < 4.78 is 23.7. The fourth-order valence-corrected chi connectivity index (χ4v) is 6.77. The van der Waals surface area contributed by atoms with Gasteiger partial charge in [0.1, 0.15) is 0 Å². The molecule has 3 unspecified atom stereocenters. The highest BCUT2D eigenvalue weighted by Gasteiger charge is 2.56. The fourth-order valence-electron chi connectivity index (χ4n) is 5.84. The maximum Gasteiger partial charge on any atom is 0.246 e. The van der Waals surface area contributed by atoms with Crippen molar-refractivity contribution in [3.63, 3.8) is 0 Å². The lowest BCUT2D eigenvalue weighted by Gasteiger charge is -2.58. The van der Waals surface area contributed by atoms with E-state index in [2.05, 4.69) is 10.3 Å². The molecule has 4 fully saturated rings. The Morgan fingerprint density at radius 1 is 1.26 bits per heavy atom. The summed E-state index contributed by atoms with van der Waals surface area (Å²) in [7, 11) is -3.72. The normalized spacial score (nSPS) is 37.0. The third-order valence-electron chi connectivity index (χ3n) is 7.14. The van der Waals surface area contributed by atoms with Crippen molar-refractivity contribution >= 4 is 15.7 Å². The molecule has 1 aromatic heterocycles. The molecule has 1 heterocycles. The van der Waals surface area contributed by atoms with E-state index in [-0.39, 0.29) is 17.9 Å². The predicted molar refractivity (Wildman–Crippen MR) is 102 cm³/mol. The van der Waals surface area contributed by atoms with Crippen LogP contribution in [-0.2, 0) is 19.4 Å². The summed E-state index contributed by atoms with van der Waals surface area (Å²) in [6.45, 7) is 3.30. The molecule has 4 bridgehead atoms. The third kappa shape index (κ3) is 2.99. The Labute approximate surface area is 160 Å². The number of rotatable bonds is 4. The fraction of sp³-hybridized carbons (Fsp3) is 0.700. The van der Waals surface area contributed by atoms with E-state index in [0.29, 0.717) is 24.3 Å². The number of carbonyl (C=O) groups is 1. The maximum absolute atomic E-state index is 13.3. The Kier molecular flexibility index (Phi) is 4.20. The first-order valence-corrected chi connectivity index (χ1v) is 11.6. The Morgan fingerprint density at radius 2 is 1.89 bits per heavy atom. The number of nitrogens with zero attached hydrogens (tertiary/aromatic N) is 1. The molecule has 148 valence electrons. The molecular weight excluding hydrogens is 364 g/mol. The summed E-state index contributed by atoms with van der Waals surface area (Å²) >= 11 is 0. The minimum absolute atomic E-state index is 0.0619. The van der Waals surface area contributed by atoms with Crippen LogP contribution in [0.25, 0.3) is 0 Å². The molecule has 0 radical (unpaired) electrons. The Morgan fingerprint density at radius 3 is 2.41 bits per heavy atom. The van der Waals surface area contributed by atoms with Crippen LogP contribution in [0, 0.1) is 24.7 Å². The number of amides is 1. The van der Waals surface area contributed by atoms with E-state index >= 15 is 0 Å². The molecular formula is C20H28N2O4S. The summed E-state index contributed by atoms with van der Waals surface area (Å²) in [5.41, 5.74) is 0.621. The molecule has 0 spiro atoms. The standard InChI is InChI=1S/C20H28N2O4S/c1-12-4-16(11-21-10-12)19(2,27(3,25)26)18(23)22-17-14-5-13-6-15(17)9-20(24,7-13)8-14/h4,10-11,13-15,17,24H,5-9H2,1-3H3,(H,22,23). The van der Waals surface area contributed by atoms with Crippen molar-refractivity contribution in [2.45, 2.75) is 62.3 Å². The van der Waals surface area contributed by atoms with Gasteiger partial charge in [-0.1, -0.05) is 6.07 Å². The molecule has 6 nitrogen and oxygen atoms in total. The van der Waals surface area contributed by atoms with Crippen molar-refractivity contribution < 1.29 is 18.3 Å². The molecule has 3 atom stereocenters. The molecule has 0 aliphatic heterocycles. The van der Waals surface area contributed by atoms with E-state index in [1.54, 1.807) is 12.3 Å². The van der Waals surface area contributed by atoms with E-state index in [4.69, 9.17) is 0 Å². The van der Waals surface area contributed by atoms with Crippen LogP contribution < -0.4 is 5.32 Å². The van der Waals surface area contributed by atoms with Crippen molar-refractivity contribution in [2.75, 3.05) is 6.26 Å². The Bertz CT molecular complexity index is 868. The molecule has 4 aliphatic carbocycles. The van der Waals surface area contributed by atoms with Crippen molar-refractivity contribution in [3.8, 4) is 0 Å². The molecule has 27 heavy (non-hydrogen) atoms. The van der Waals surface area contributed by atoms with E-state index in [1.165, 1.54) is 13.1 Å². The topological polar surface area (TPSA) is 96.4 Å². The van der Waals surface area contributed by atoms with Gasteiger partial charge in [0.15, 0.2) is 14.6 Å². The summed E-state index contributed by atoms with van der Waals surface area (Å²) in [6.07, 6.45) is 8.50. The smallest absolute Gasteiger partial charge is 0.246 e.